The van der Waals surface area contributed by atoms with E-state index in [1.807, 2.05) is 30.0 Å². The molecule has 0 unspecified atom stereocenters. The first kappa shape index (κ1) is 15.5. The number of hydrogen-bond acceptors (Lipinski definition) is 2. The van der Waals surface area contributed by atoms with Gasteiger partial charge in [0.05, 0.1) is 0 Å². The van der Waals surface area contributed by atoms with Crippen LogP contribution in [0.25, 0.3) is 0 Å². The summed E-state index contributed by atoms with van der Waals surface area (Å²) in [5.41, 5.74) is 2.35. The SMILES string of the molecule is CCC(=O)N1CCC(C(=O)NCc2ccccc2C)CC1. The maximum Gasteiger partial charge on any atom is 0.223 e. The van der Waals surface area contributed by atoms with Crippen molar-refractivity contribution in [3.63, 3.8) is 0 Å². The molecule has 0 spiro atoms. The Hall–Kier alpha value is -1.84. The van der Waals surface area contributed by atoms with Crippen molar-refractivity contribution in [2.75, 3.05) is 13.1 Å². The highest BCUT2D eigenvalue weighted by molar-refractivity contribution is 5.80. The van der Waals surface area contributed by atoms with Crippen LogP contribution < -0.4 is 5.32 Å². The normalized spacial score (nSPS) is 15.8. The van der Waals surface area contributed by atoms with Crippen molar-refractivity contribution in [2.24, 2.45) is 5.92 Å². The van der Waals surface area contributed by atoms with E-state index in [4.69, 9.17) is 0 Å². The number of nitrogens with zero attached hydrogens (tertiary/aromatic N) is 1. The van der Waals surface area contributed by atoms with Crippen LogP contribution in [0.1, 0.15) is 37.3 Å². The highest BCUT2D eigenvalue weighted by Crippen LogP contribution is 2.18. The molecule has 1 aliphatic rings. The molecule has 0 saturated carbocycles. The molecule has 21 heavy (non-hydrogen) atoms. The molecule has 0 radical (unpaired) electrons. The smallest absolute Gasteiger partial charge is 0.223 e. The van der Waals surface area contributed by atoms with Crippen molar-refractivity contribution in [1.82, 2.24) is 10.2 Å². The molecule has 4 nitrogen and oxygen atoms in total. The molecule has 1 N–H and O–H groups in total. The molecule has 4 heteroatoms. The lowest BCUT2D eigenvalue weighted by Gasteiger charge is -2.31. The number of piperidine rings is 1. The summed E-state index contributed by atoms with van der Waals surface area (Å²) in [4.78, 5) is 25.7. The Kier molecular flexibility index (Phi) is 5.37. The van der Waals surface area contributed by atoms with Crippen molar-refractivity contribution in [3.05, 3.63) is 35.4 Å². The van der Waals surface area contributed by atoms with E-state index >= 15 is 0 Å². The molecule has 1 fully saturated rings. The molecule has 1 heterocycles. The first-order valence-electron chi connectivity index (χ1n) is 7.71. The summed E-state index contributed by atoms with van der Waals surface area (Å²) in [6.07, 6.45) is 2.08. The second-order valence-electron chi connectivity index (χ2n) is 5.65. The maximum atomic E-state index is 12.2. The lowest BCUT2D eigenvalue weighted by atomic mass is 9.95. The predicted octanol–water partition coefficient (Wildman–Crippen LogP) is 2.26. The van der Waals surface area contributed by atoms with Gasteiger partial charge in [0.15, 0.2) is 0 Å². The summed E-state index contributed by atoms with van der Waals surface area (Å²) in [6.45, 7) is 5.92. The van der Waals surface area contributed by atoms with E-state index in [1.165, 1.54) is 5.56 Å². The third-order valence-corrected chi connectivity index (χ3v) is 4.24. The fraction of sp³-hybridized carbons (Fsp3) is 0.529. The van der Waals surface area contributed by atoms with Crippen LogP contribution in [-0.4, -0.2) is 29.8 Å². The third-order valence-electron chi connectivity index (χ3n) is 4.24. The van der Waals surface area contributed by atoms with Crippen molar-refractivity contribution < 1.29 is 9.59 Å². The van der Waals surface area contributed by atoms with Gasteiger partial charge in [-0.25, -0.2) is 0 Å². The van der Waals surface area contributed by atoms with Crippen LogP contribution in [0.3, 0.4) is 0 Å². The predicted molar refractivity (Wildman–Crippen MR) is 82.6 cm³/mol. The molecular formula is C17H24N2O2. The Morgan fingerprint density at radius 2 is 1.90 bits per heavy atom. The third kappa shape index (κ3) is 4.06. The molecule has 1 saturated heterocycles. The highest BCUT2D eigenvalue weighted by atomic mass is 16.2. The first-order valence-corrected chi connectivity index (χ1v) is 7.71. The van der Waals surface area contributed by atoms with Crippen LogP contribution >= 0.6 is 0 Å². The van der Waals surface area contributed by atoms with Gasteiger partial charge in [-0.15, -0.1) is 0 Å². The fourth-order valence-corrected chi connectivity index (χ4v) is 2.75. The zero-order chi connectivity index (χ0) is 15.2. The Morgan fingerprint density at radius 1 is 1.24 bits per heavy atom. The average Bonchev–Trinajstić information content (AvgIpc) is 2.53. The van der Waals surface area contributed by atoms with Crippen molar-refractivity contribution in [3.8, 4) is 0 Å². The summed E-state index contributed by atoms with van der Waals surface area (Å²) in [5, 5.41) is 3.03. The molecule has 1 aromatic carbocycles. The summed E-state index contributed by atoms with van der Waals surface area (Å²) in [7, 11) is 0. The van der Waals surface area contributed by atoms with Gasteiger partial charge < -0.3 is 10.2 Å². The van der Waals surface area contributed by atoms with Crippen LogP contribution in [0.15, 0.2) is 24.3 Å². The minimum atomic E-state index is 0.0370. The standard InChI is InChI=1S/C17H24N2O2/c1-3-16(20)19-10-8-14(9-11-19)17(21)18-12-15-7-5-4-6-13(15)2/h4-7,14H,3,8-12H2,1-2H3,(H,18,21). The van der Waals surface area contributed by atoms with Crippen molar-refractivity contribution >= 4 is 11.8 Å². The number of rotatable bonds is 4. The van der Waals surface area contributed by atoms with Crippen LogP contribution in [0.4, 0.5) is 0 Å². The summed E-state index contributed by atoms with van der Waals surface area (Å²) in [6, 6.07) is 8.08. The molecular weight excluding hydrogens is 264 g/mol. The summed E-state index contributed by atoms with van der Waals surface area (Å²) < 4.78 is 0. The van der Waals surface area contributed by atoms with Gasteiger partial charge in [0, 0.05) is 32.0 Å². The molecule has 1 aliphatic heterocycles. The minimum absolute atomic E-state index is 0.0370. The first-order chi connectivity index (χ1) is 10.1. The molecule has 0 atom stereocenters. The van der Waals surface area contributed by atoms with Gasteiger partial charge in [0.1, 0.15) is 0 Å². The van der Waals surface area contributed by atoms with Gasteiger partial charge in [0.25, 0.3) is 0 Å². The van der Waals surface area contributed by atoms with E-state index in [-0.39, 0.29) is 17.7 Å². The monoisotopic (exact) mass is 288 g/mol. The number of amides is 2. The van der Waals surface area contributed by atoms with E-state index in [9.17, 15) is 9.59 Å². The number of carbonyl (C=O) groups is 2. The topological polar surface area (TPSA) is 49.4 Å². The second kappa shape index (κ2) is 7.25. The zero-order valence-electron chi connectivity index (χ0n) is 12.9. The van der Waals surface area contributed by atoms with Crippen LogP contribution in [0.2, 0.25) is 0 Å². The Balaban J connectivity index is 1.80. The van der Waals surface area contributed by atoms with Gasteiger partial charge in [-0.3, -0.25) is 9.59 Å². The lowest BCUT2D eigenvalue weighted by Crippen LogP contribution is -2.42. The van der Waals surface area contributed by atoms with E-state index in [0.717, 1.165) is 18.4 Å². The number of likely N-dealkylation sites (tertiary alicyclic amines) is 1. The molecule has 2 rings (SSSR count). The summed E-state index contributed by atoms with van der Waals surface area (Å²) >= 11 is 0. The Labute approximate surface area is 126 Å². The van der Waals surface area contributed by atoms with Gasteiger partial charge in [0.2, 0.25) is 11.8 Å². The molecule has 2 amide bonds. The highest BCUT2D eigenvalue weighted by Gasteiger charge is 2.26. The number of hydrogen-bond donors (Lipinski definition) is 1. The number of benzene rings is 1. The molecule has 0 aromatic heterocycles. The minimum Gasteiger partial charge on any atom is -0.352 e. The molecule has 114 valence electrons. The van der Waals surface area contributed by atoms with Gasteiger partial charge in [-0.1, -0.05) is 31.2 Å². The zero-order valence-corrected chi connectivity index (χ0v) is 12.9. The number of nitrogens with one attached hydrogen (secondary N) is 1. The summed E-state index contributed by atoms with van der Waals surface area (Å²) in [5.74, 6) is 0.338. The number of aryl methyl sites for hydroxylation is 1. The van der Waals surface area contributed by atoms with Crippen molar-refractivity contribution in [1.29, 1.82) is 0 Å². The quantitative estimate of drug-likeness (QED) is 0.924. The van der Waals surface area contributed by atoms with Crippen LogP contribution in [0.5, 0.6) is 0 Å². The largest absolute Gasteiger partial charge is 0.352 e. The van der Waals surface area contributed by atoms with Crippen LogP contribution in [-0.2, 0) is 16.1 Å². The molecule has 1 aromatic rings. The number of carbonyl (C=O) groups excluding carboxylic acids is 2. The Morgan fingerprint density at radius 3 is 2.52 bits per heavy atom. The molecule has 0 aliphatic carbocycles. The van der Waals surface area contributed by atoms with E-state index in [1.54, 1.807) is 0 Å². The molecule has 0 bridgehead atoms. The van der Waals surface area contributed by atoms with Gasteiger partial charge >= 0.3 is 0 Å². The van der Waals surface area contributed by atoms with E-state index in [0.29, 0.717) is 26.1 Å². The average molecular weight is 288 g/mol. The lowest BCUT2D eigenvalue weighted by molar-refractivity contribution is -0.135. The maximum absolute atomic E-state index is 12.2. The van der Waals surface area contributed by atoms with E-state index < -0.39 is 0 Å². The Bertz CT molecular complexity index is 505. The van der Waals surface area contributed by atoms with Crippen LogP contribution in [0, 0.1) is 12.8 Å². The second-order valence-corrected chi connectivity index (χ2v) is 5.65. The fourth-order valence-electron chi connectivity index (χ4n) is 2.75. The van der Waals surface area contributed by atoms with Gasteiger partial charge in [-0.05, 0) is 30.9 Å². The van der Waals surface area contributed by atoms with E-state index in [2.05, 4.69) is 18.3 Å². The van der Waals surface area contributed by atoms with Crippen molar-refractivity contribution in [2.45, 2.75) is 39.7 Å². The van der Waals surface area contributed by atoms with Gasteiger partial charge in [-0.2, -0.15) is 0 Å².